The number of nitrogens with zero attached hydrogens (tertiary/aromatic N) is 3. The molecule has 1 N–H and O–H groups in total. The van der Waals surface area contributed by atoms with E-state index in [-0.39, 0.29) is 18.5 Å². The average Bonchev–Trinajstić information content (AvgIpc) is 3.06. The Hall–Kier alpha value is -2.63. The Morgan fingerprint density at radius 3 is 3.05 bits per heavy atom. The Morgan fingerprint density at radius 1 is 1.45 bits per heavy atom. The summed E-state index contributed by atoms with van der Waals surface area (Å²) in [5.74, 6) is 0.599. The summed E-state index contributed by atoms with van der Waals surface area (Å²) in [4.78, 5) is 15.7. The maximum Gasteiger partial charge on any atom is 0.242 e. The number of benzene rings is 1. The molecule has 0 saturated heterocycles. The fourth-order valence-electron chi connectivity index (χ4n) is 2.04. The summed E-state index contributed by atoms with van der Waals surface area (Å²) in [5.41, 5.74) is 0.819. The van der Waals surface area contributed by atoms with Crippen LogP contribution in [0.2, 0.25) is 0 Å². The molecule has 1 unspecified atom stereocenters. The number of furan rings is 1. The molecule has 0 spiro atoms. The molecule has 2 heterocycles. The zero-order valence-corrected chi connectivity index (χ0v) is 11.0. The topological polar surface area (TPSA) is 73.0 Å². The predicted molar refractivity (Wildman–Crippen MR) is 72.8 cm³/mol. The number of carbonyl (C=O) groups is 1. The van der Waals surface area contributed by atoms with Crippen LogP contribution >= 0.6 is 0 Å². The molecule has 6 heteroatoms. The van der Waals surface area contributed by atoms with E-state index in [0.29, 0.717) is 0 Å². The fraction of sp³-hybridized carbons (Fsp3) is 0.214. The van der Waals surface area contributed by atoms with E-state index in [4.69, 9.17) is 4.42 Å². The van der Waals surface area contributed by atoms with Gasteiger partial charge in [-0.2, -0.15) is 5.10 Å². The maximum absolute atomic E-state index is 11.9. The van der Waals surface area contributed by atoms with Gasteiger partial charge in [-0.3, -0.25) is 4.79 Å². The minimum Gasteiger partial charge on any atom is -0.459 e. The van der Waals surface area contributed by atoms with Gasteiger partial charge in [-0.05, 0) is 19.1 Å². The third-order valence-electron chi connectivity index (χ3n) is 3.02. The highest BCUT2D eigenvalue weighted by atomic mass is 16.3. The second-order valence-corrected chi connectivity index (χ2v) is 4.57. The summed E-state index contributed by atoms with van der Waals surface area (Å²) >= 11 is 0. The Balaban J connectivity index is 1.69. The van der Waals surface area contributed by atoms with Crippen molar-refractivity contribution in [3.05, 3.63) is 48.7 Å². The number of hydrogen-bond donors (Lipinski definition) is 1. The quantitative estimate of drug-likeness (QED) is 0.786. The van der Waals surface area contributed by atoms with Gasteiger partial charge in [-0.25, -0.2) is 9.67 Å². The van der Waals surface area contributed by atoms with Crippen LogP contribution in [0.3, 0.4) is 0 Å². The van der Waals surface area contributed by atoms with Crippen LogP contribution in [0, 0.1) is 0 Å². The summed E-state index contributed by atoms with van der Waals surface area (Å²) in [6, 6.07) is 9.50. The Kier molecular flexibility index (Phi) is 3.20. The number of amides is 1. The number of para-hydroxylation sites is 1. The first-order valence-corrected chi connectivity index (χ1v) is 6.32. The number of carbonyl (C=O) groups excluding carboxylic acids is 1. The molecule has 1 aromatic carbocycles. The van der Waals surface area contributed by atoms with Gasteiger partial charge in [-0.1, -0.05) is 18.2 Å². The van der Waals surface area contributed by atoms with Crippen LogP contribution < -0.4 is 5.32 Å². The smallest absolute Gasteiger partial charge is 0.242 e. The van der Waals surface area contributed by atoms with Gasteiger partial charge in [0.2, 0.25) is 5.91 Å². The first-order valence-electron chi connectivity index (χ1n) is 6.32. The molecule has 0 bridgehead atoms. The molecule has 0 aliphatic carbocycles. The third kappa shape index (κ3) is 2.54. The summed E-state index contributed by atoms with van der Waals surface area (Å²) in [7, 11) is 0. The molecule has 1 atom stereocenters. The Morgan fingerprint density at radius 2 is 2.30 bits per heavy atom. The summed E-state index contributed by atoms with van der Waals surface area (Å²) < 4.78 is 7.19. The Bertz CT molecular complexity index is 685. The SMILES string of the molecule is CC(NC(=O)Cn1cncn1)c1cc2ccccc2o1. The van der Waals surface area contributed by atoms with Gasteiger partial charge in [0.05, 0.1) is 6.04 Å². The number of hydrogen-bond acceptors (Lipinski definition) is 4. The second kappa shape index (κ2) is 5.16. The van der Waals surface area contributed by atoms with E-state index in [2.05, 4.69) is 15.4 Å². The van der Waals surface area contributed by atoms with Gasteiger partial charge in [0, 0.05) is 5.39 Å². The van der Waals surface area contributed by atoms with E-state index in [0.717, 1.165) is 16.7 Å². The largest absolute Gasteiger partial charge is 0.459 e. The summed E-state index contributed by atoms with van der Waals surface area (Å²) in [6.07, 6.45) is 2.90. The highest BCUT2D eigenvalue weighted by Gasteiger charge is 2.14. The molecule has 1 amide bonds. The van der Waals surface area contributed by atoms with E-state index in [1.54, 1.807) is 0 Å². The van der Waals surface area contributed by atoms with Crippen LogP contribution in [0.25, 0.3) is 11.0 Å². The lowest BCUT2D eigenvalue weighted by atomic mass is 10.2. The predicted octanol–water partition coefficient (Wildman–Crippen LogP) is 1.90. The van der Waals surface area contributed by atoms with Crippen molar-refractivity contribution in [2.75, 3.05) is 0 Å². The average molecular weight is 270 g/mol. The maximum atomic E-state index is 11.9. The zero-order valence-electron chi connectivity index (χ0n) is 11.0. The van der Waals surface area contributed by atoms with Crippen molar-refractivity contribution >= 4 is 16.9 Å². The molecule has 102 valence electrons. The van der Waals surface area contributed by atoms with Crippen LogP contribution in [0.1, 0.15) is 18.7 Å². The monoisotopic (exact) mass is 270 g/mol. The van der Waals surface area contributed by atoms with Gasteiger partial charge in [-0.15, -0.1) is 0 Å². The molecular formula is C14H14N4O2. The van der Waals surface area contributed by atoms with Gasteiger partial charge in [0.25, 0.3) is 0 Å². The zero-order chi connectivity index (χ0) is 13.9. The van der Waals surface area contributed by atoms with E-state index >= 15 is 0 Å². The molecular weight excluding hydrogens is 256 g/mol. The molecule has 3 aromatic rings. The third-order valence-corrected chi connectivity index (χ3v) is 3.02. The molecule has 2 aromatic heterocycles. The lowest BCUT2D eigenvalue weighted by Crippen LogP contribution is -2.30. The van der Waals surface area contributed by atoms with Crippen LogP contribution in [0.5, 0.6) is 0 Å². The molecule has 3 rings (SSSR count). The highest BCUT2D eigenvalue weighted by molar-refractivity contribution is 5.79. The molecule has 0 aliphatic rings. The summed E-state index contributed by atoms with van der Waals surface area (Å²) in [5, 5.41) is 7.79. The number of nitrogens with one attached hydrogen (secondary N) is 1. The molecule has 0 radical (unpaired) electrons. The first kappa shape index (κ1) is 12.4. The van der Waals surface area contributed by atoms with E-state index < -0.39 is 0 Å². The number of aromatic nitrogens is 3. The molecule has 6 nitrogen and oxygen atoms in total. The van der Waals surface area contributed by atoms with Crippen LogP contribution in [0.15, 0.2) is 47.4 Å². The standard InChI is InChI=1S/C14H14N4O2/c1-10(17-14(19)7-18-9-15-8-16-18)13-6-11-4-2-3-5-12(11)20-13/h2-6,8-10H,7H2,1H3,(H,17,19). The summed E-state index contributed by atoms with van der Waals surface area (Å²) in [6.45, 7) is 2.03. The van der Waals surface area contributed by atoms with Crippen molar-refractivity contribution in [3.63, 3.8) is 0 Å². The van der Waals surface area contributed by atoms with Crippen molar-refractivity contribution in [2.24, 2.45) is 0 Å². The number of rotatable bonds is 4. The van der Waals surface area contributed by atoms with Crippen LogP contribution in [-0.2, 0) is 11.3 Å². The van der Waals surface area contributed by atoms with Crippen molar-refractivity contribution in [1.82, 2.24) is 20.1 Å². The van der Waals surface area contributed by atoms with Gasteiger partial charge in [0.1, 0.15) is 30.5 Å². The minimum absolute atomic E-state index is 0.136. The molecule has 20 heavy (non-hydrogen) atoms. The van der Waals surface area contributed by atoms with Crippen molar-refractivity contribution in [2.45, 2.75) is 19.5 Å². The lowest BCUT2D eigenvalue weighted by Gasteiger charge is -2.11. The van der Waals surface area contributed by atoms with Crippen molar-refractivity contribution in [1.29, 1.82) is 0 Å². The van der Waals surface area contributed by atoms with Gasteiger partial charge in [0.15, 0.2) is 0 Å². The highest BCUT2D eigenvalue weighted by Crippen LogP contribution is 2.23. The van der Waals surface area contributed by atoms with Gasteiger partial charge >= 0.3 is 0 Å². The molecule has 0 aliphatic heterocycles. The number of fused-ring (bicyclic) bond motifs is 1. The van der Waals surface area contributed by atoms with E-state index in [9.17, 15) is 4.79 Å². The second-order valence-electron chi connectivity index (χ2n) is 4.57. The van der Waals surface area contributed by atoms with Crippen LogP contribution in [0.4, 0.5) is 0 Å². The first-order chi connectivity index (χ1) is 9.72. The van der Waals surface area contributed by atoms with E-state index in [1.807, 2.05) is 37.3 Å². The normalized spacial score (nSPS) is 12.4. The fourth-order valence-corrected chi connectivity index (χ4v) is 2.04. The lowest BCUT2D eigenvalue weighted by molar-refractivity contribution is -0.122. The van der Waals surface area contributed by atoms with Crippen molar-refractivity contribution < 1.29 is 9.21 Å². The van der Waals surface area contributed by atoms with E-state index in [1.165, 1.54) is 17.3 Å². The Labute approximate surface area is 115 Å². The molecule has 0 saturated carbocycles. The minimum atomic E-state index is -0.196. The van der Waals surface area contributed by atoms with Gasteiger partial charge < -0.3 is 9.73 Å². The van der Waals surface area contributed by atoms with Crippen LogP contribution in [-0.4, -0.2) is 20.7 Å². The molecule has 0 fully saturated rings. The van der Waals surface area contributed by atoms with Crippen molar-refractivity contribution in [3.8, 4) is 0 Å².